The zero-order valence-corrected chi connectivity index (χ0v) is 14.5. The van der Waals surface area contributed by atoms with Crippen molar-refractivity contribution in [1.82, 2.24) is 10.6 Å². The standard InChI is InChI=1S/C18H25ClN2O2/c1-12(2)16(18(23)20-15-6-4-3-5-7-15)21-17(22)13-8-10-14(19)11-9-13/h8-12,15-16H,3-7H2,1-2H3,(H,20,23)(H,21,22)/t16-/m0/s1. The SMILES string of the molecule is CC(C)[C@H](NC(=O)c1ccc(Cl)cc1)C(=O)NC1CCCCC1. The minimum Gasteiger partial charge on any atom is -0.352 e. The lowest BCUT2D eigenvalue weighted by atomic mass is 9.94. The van der Waals surface area contributed by atoms with Crippen LogP contribution in [0.5, 0.6) is 0 Å². The van der Waals surface area contributed by atoms with E-state index in [4.69, 9.17) is 11.6 Å². The van der Waals surface area contributed by atoms with E-state index in [1.54, 1.807) is 24.3 Å². The fraction of sp³-hybridized carbons (Fsp3) is 0.556. The molecule has 2 N–H and O–H groups in total. The van der Waals surface area contributed by atoms with Crippen molar-refractivity contribution >= 4 is 23.4 Å². The minimum absolute atomic E-state index is 0.0230. The maximum atomic E-state index is 12.5. The second-order valence-electron chi connectivity index (χ2n) is 6.55. The van der Waals surface area contributed by atoms with Crippen LogP contribution in [0.1, 0.15) is 56.3 Å². The highest BCUT2D eigenvalue weighted by molar-refractivity contribution is 6.30. The van der Waals surface area contributed by atoms with Crippen molar-refractivity contribution < 1.29 is 9.59 Å². The molecule has 0 heterocycles. The largest absolute Gasteiger partial charge is 0.352 e. The van der Waals surface area contributed by atoms with Gasteiger partial charge in [-0.1, -0.05) is 44.7 Å². The summed E-state index contributed by atoms with van der Waals surface area (Å²) in [5.41, 5.74) is 0.505. The van der Waals surface area contributed by atoms with Gasteiger partial charge < -0.3 is 10.6 Å². The Labute approximate surface area is 143 Å². The third-order valence-corrected chi connectivity index (χ3v) is 4.55. The van der Waals surface area contributed by atoms with E-state index < -0.39 is 6.04 Å². The fourth-order valence-corrected chi connectivity index (χ4v) is 3.02. The molecule has 0 unspecified atom stereocenters. The van der Waals surface area contributed by atoms with E-state index in [-0.39, 0.29) is 23.8 Å². The molecule has 0 saturated heterocycles. The average Bonchev–Trinajstić information content (AvgIpc) is 2.53. The van der Waals surface area contributed by atoms with Crippen LogP contribution in [-0.4, -0.2) is 23.9 Å². The Kier molecular flexibility index (Phi) is 6.46. The Morgan fingerprint density at radius 2 is 1.70 bits per heavy atom. The molecule has 5 heteroatoms. The molecule has 2 amide bonds. The Morgan fingerprint density at radius 3 is 2.26 bits per heavy atom. The van der Waals surface area contributed by atoms with E-state index in [9.17, 15) is 9.59 Å². The average molecular weight is 337 g/mol. The molecule has 126 valence electrons. The van der Waals surface area contributed by atoms with Gasteiger partial charge in [0, 0.05) is 16.6 Å². The topological polar surface area (TPSA) is 58.2 Å². The molecule has 0 aromatic heterocycles. The van der Waals surface area contributed by atoms with Gasteiger partial charge in [0.25, 0.3) is 5.91 Å². The Balaban J connectivity index is 1.98. The maximum absolute atomic E-state index is 12.5. The van der Waals surface area contributed by atoms with Crippen LogP contribution in [0.4, 0.5) is 0 Å². The van der Waals surface area contributed by atoms with E-state index in [1.165, 1.54) is 6.42 Å². The van der Waals surface area contributed by atoms with Gasteiger partial charge in [0.1, 0.15) is 6.04 Å². The number of carbonyl (C=O) groups is 2. The molecule has 1 fully saturated rings. The third kappa shape index (κ3) is 5.24. The van der Waals surface area contributed by atoms with Crippen LogP contribution >= 0.6 is 11.6 Å². The molecule has 1 aliphatic rings. The Hall–Kier alpha value is -1.55. The lowest BCUT2D eigenvalue weighted by Gasteiger charge is -2.27. The lowest BCUT2D eigenvalue weighted by Crippen LogP contribution is -2.52. The molecular formula is C18H25ClN2O2. The number of halogens is 1. The number of hydrogen-bond donors (Lipinski definition) is 2. The molecule has 0 spiro atoms. The van der Waals surface area contributed by atoms with E-state index in [0.29, 0.717) is 10.6 Å². The molecule has 0 bridgehead atoms. The number of hydrogen-bond acceptors (Lipinski definition) is 2. The van der Waals surface area contributed by atoms with Crippen molar-refractivity contribution in [3.63, 3.8) is 0 Å². The van der Waals surface area contributed by atoms with Crippen molar-refractivity contribution in [3.8, 4) is 0 Å². The van der Waals surface area contributed by atoms with Crippen LogP contribution in [0.25, 0.3) is 0 Å². The van der Waals surface area contributed by atoms with Crippen LogP contribution in [0.3, 0.4) is 0 Å². The van der Waals surface area contributed by atoms with Gasteiger partial charge in [0.2, 0.25) is 5.91 Å². The summed E-state index contributed by atoms with van der Waals surface area (Å²) in [5, 5.41) is 6.52. The summed E-state index contributed by atoms with van der Waals surface area (Å²) < 4.78 is 0. The van der Waals surface area contributed by atoms with Crippen molar-refractivity contribution in [2.45, 2.75) is 58.0 Å². The van der Waals surface area contributed by atoms with Crippen molar-refractivity contribution in [3.05, 3.63) is 34.9 Å². The normalized spacial score (nSPS) is 16.9. The number of rotatable bonds is 5. The lowest BCUT2D eigenvalue weighted by molar-refractivity contribution is -0.124. The molecule has 23 heavy (non-hydrogen) atoms. The van der Waals surface area contributed by atoms with Crippen molar-refractivity contribution in [2.24, 2.45) is 5.92 Å². The Bertz CT molecular complexity index is 536. The smallest absolute Gasteiger partial charge is 0.251 e. The van der Waals surface area contributed by atoms with Crippen LogP contribution < -0.4 is 10.6 Å². The monoisotopic (exact) mass is 336 g/mol. The molecule has 1 saturated carbocycles. The van der Waals surface area contributed by atoms with Crippen LogP contribution in [0.15, 0.2) is 24.3 Å². The van der Waals surface area contributed by atoms with Gasteiger partial charge in [-0.3, -0.25) is 9.59 Å². The molecule has 0 aliphatic heterocycles. The van der Waals surface area contributed by atoms with Gasteiger partial charge in [-0.2, -0.15) is 0 Å². The molecule has 1 aliphatic carbocycles. The van der Waals surface area contributed by atoms with E-state index >= 15 is 0 Å². The van der Waals surface area contributed by atoms with Gasteiger partial charge in [0.15, 0.2) is 0 Å². The number of carbonyl (C=O) groups excluding carboxylic acids is 2. The summed E-state index contributed by atoms with van der Waals surface area (Å²) in [7, 11) is 0. The van der Waals surface area contributed by atoms with Crippen LogP contribution in [0.2, 0.25) is 5.02 Å². The fourth-order valence-electron chi connectivity index (χ4n) is 2.90. The molecule has 0 radical (unpaired) electrons. The molecule has 1 aromatic rings. The minimum atomic E-state index is -0.528. The maximum Gasteiger partial charge on any atom is 0.251 e. The summed E-state index contributed by atoms with van der Waals surface area (Å²) in [6.07, 6.45) is 5.62. The molecular weight excluding hydrogens is 312 g/mol. The predicted octanol–water partition coefficient (Wildman–Crippen LogP) is 3.54. The highest BCUT2D eigenvalue weighted by Gasteiger charge is 2.27. The van der Waals surface area contributed by atoms with Gasteiger partial charge >= 0.3 is 0 Å². The first kappa shape index (κ1) is 17.8. The van der Waals surface area contributed by atoms with Crippen LogP contribution in [-0.2, 0) is 4.79 Å². The summed E-state index contributed by atoms with van der Waals surface area (Å²) in [4.78, 5) is 24.9. The van der Waals surface area contributed by atoms with Crippen LogP contribution in [0, 0.1) is 5.92 Å². The summed E-state index contributed by atoms with van der Waals surface area (Å²) >= 11 is 5.84. The molecule has 1 aromatic carbocycles. The summed E-state index contributed by atoms with van der Waals surface area (Å²) in [5.74, 6) is -0.316. The van der Waals surface area contributed by atoms with Gasteiger partial charge in [-0.15, -0.1) is 0 Å². The number of nitrogens with one attached hydrogen (secondary N) is 2. The summed E-state index contributed by atoms with van der Waals surface area (Å²) in [6.45, 7) is 3.88. The Morgan fingerprint density at radius 1 is 1.09 bits per heavy atom. The molecule has 2 rings (SSSR count). The third-order valence-electron chi connectivity index (χ3n) is 4.29. The zero-order valence-electron chi connectivity index (χ0n) is 13.8. The van der Waals surface area contributed by atoms with E-state index in [2.05, 4.69) is 10.6 Å². The van der Waals surface area contributed by atoms with E-state index in [1.807, 2.05) is 13.8 Å². The molecule has 1 atom stereocenters. The van der Waals surface area contributed by atoms with Gasteiger partial charge in [-0.05, 0) is 43.0 Å². The zero-order chi connectivity index (χ0) is 16.8. The summed E-state index contributed by atoms with van der Waals surface area (Å²) in [6, 6.07) is 6.37. The first-order valence-electron chi connectivity index (χ1n) is 8.34. The first-order chi connectivity index (χ1) is 11.0. The second kappa shape index (κ2) is 8.34. The van der Waals surface area contributed by atoms with E-state index in [0.717, 1.165) is 25.7 Å². The van der Waals surface area contributed by atoms with Gasteiger partial charge in [-0.25, -0.2) is 0 Å². The van der Waals surface area contributed by atoms with Crippen molar-refractivity contribution in [1.29, 1.82) is 0 Å². The first-order valence-corrected chi connectivity index (χ1v) is 8.72. The highest BCUT2D eigenvalue weighted by Crippen LogP contribution is 2.18. The quantitative estimate of drug-likeness (QED) is 0.864. The number of benzene rings is 1. The highest BCUT2D eigenvalue weighted by atomic mass is 35.5. The number of amides is 2. The van der Waals surface area contributed by atoms with Gasteiger partial charge in [0.05, 0.1) is 0 Å². The van der Waals surface area contributed by atoms with Crippen molar-refractivity contribution in [2.75, 3.05) is 0 Å². The molecule has 4 nitrogen and oxygen atoms in total. The predicted molar refractivity (Wildman–Crippen MR) is 92.6 cm³/mol. The second-order valence-corrected chi connectivity index (χ2v) is 6.98.